The van der Waals surface area contributed by atoms with Crippen molar-refractivity contribution in [2.24, 2.45) is 0 Å². The number of hydrogen-bond acceptors (Lipinski definition) is 2. The van der Waals surface area contributed by atoms with E-state index < -0.39 is 0 Å². The van der Waals surface area contributed by atoms with Gasteiger partial charge in [0.15, 0.2) is 0 Å². The summed E-state index contributed by atoms with van der Waals surface area (Å²) in [5.41, 5.74) is 18.3. The molecule has 59 heavy (non-hydrogen) atoms. The average Bonchev–Trinajstić information content (AvgIpc) is 3.79. The monoisotopic (exact) mass is 771 g/mol. The fraction of sp³-hybridized carbons (Fsp3) is 0.0526. The lowest BCUT2D eigenvalue weighted by molar-refractivity contribution is 0.660. The van der Waals surface area contributed by atoms with Crippen LogP contribution >= 0.6 is 11.3 Å². The topological polar surface area (TPSA) is 3.24 Å². The molecule has 1 aliphatic carbocycles. The van der Waals surface area contributed by atoms with E-state index in [2.05, 4.69) is 231 Å². The Kier molecular flexibility index (Phi) is 8.43. The number of benzene rings is 9. The molecule has 0 radical (unpaired) electrons. The van der Waals surface area contributed by atoms with Gasteiger partial charge in [-0.1, -0.05) is 184 Å². The van der Waals surface area contributed by atoms with Crippen molar-refractivity contribution in [2.45, 2.75) is 19.3 Å². The van der Waals surface area contributed by atoms with E-state index in [1.807, 2.05) is 11.3 Å². The molecule has 0 amide bonds. The van der Waals surface area contributed by atoms with Crippen molar-refractivity contribution in [3.63, 3.8) is 0 Å². The second kappa shape index (κ2) is 14.1. The van der Waals surface area contributed by atoms with Crippen molar-refractivity contribution in [1.29, 1.82) is 0 Å². The van der Waals surface area contributed by atoms with Gasteiger partial charge in [0.05, 0.1) is 11.4 Å². The van der Waals surface area contributed by atoms with Gasteiger partial charge in [0, 0.05) is 42.4 Å². The maximum Gasteiger partial charge on any atom is 0.0540 e. The normalized spacial score (nSPS) is 12.7. The molecule has 10 aromatic rings. The van der Waals surface area contributed by atoms with Gasteiger partial charge >= 0.3 is 0 Å². The van der Waals surface area contributed by atoms with Gasteiger partial charge in [0.2, 0.25) is 0 Å². The van der Waals surface area contributed by atoms with Gasteiger partial charge in [0.25, 0.3) is 0 Å². The fourth-order valence-corrected chi connectivity index (χ4v) is 10.6. The number of thiophene rings is 1. The highest BCUT2D eigenvalue weighted by Crippen LogP contribution is 2.54. The molecule has 9 aromatic carbocycles. The molecule has 0 N–H and O–H groups in total. The van der Waals surface area contributed by atoms with E-state index in [4.69, 9.17) is 0 Å². The van der Waals surface area contributed by atoms with Crippen LogP contribution < -0.4 is 4.90 Å². The van der Waals surface area contributed by atoms with Crippen LogP contribution in [-0.4, -0.2) is 0 Å². The minimum Gasteiger partial charge on any atom is -0.309 e. The molecule has 0 unspecified atom stereocenters. The van der Waals surface area contributed by atoms with Crippen LogP contribution in [0.25, 0.3) is 75.8 Å². The van der Waals surface area contributed by atoms with E-state index in [0.29, 0.717) is 0 Å². The molecule has 280 valence electrons. The summed E-state index contributed by atoms with van der Waals surface area (Å²) < 4.78 is 2.65. The first-order valence-corrected chi connectivity index (χ1v) is 21.2. The minimum absolute atomic E-state index is 0.0987. The van der Waals surface area contributed by atoms with E-state index in [1.165, 1.54) is 86.9 Å². The van der Waals surface area contributed by atoms with Crippen molar-refractivity contribution in [1.82, 2.24) is 0 Å². The van der Waals surface area contributed by atoms with E-state index in [1.54, 1.807) is 0 Å². The number of rotatable bonds is 7. The van der Waals surface area contributed by atoms with Crippen LogP contribution in [0.1, 0.15) is 25.0 Å². The van der Waals surface area contributed by atoms with Gasteiger partial charge in [-0.25, -0.2) is 0 Å². The first-order chi connectivity index (χ1) is 29.0. The summed E-state index contributed by atoms with van der Waals surface area (Å²) in [6.45, 7) is 4.72. The molecule has 0 aliphatic heterocycles. The molecule has 0 spiro atoms. The summed E-state index contributed by atoms with van der Waals surface area (Å²) in [5.74, 6) is 0. The van der Waals surface area contributed by atoms with E-state index in [0.717, 1.165) is 17.1 Å². The highest BCUT2D eigenvalue weighted by molar-refractivity contribution is 7.25. The summed E-state index contributed by atoms with van der Waals surface area (Å²) in [6.07, 6.45) is 0. The molecule has 0 saturated heterocycles. The van der Waals surface area contributed by atoms with Crippen LogP contribution in [0.2, 0.25) is 0 Å². The predicted molar refractivity (Wildman–Crippen MR) is 253 cm³/mol. The summed E-state index contributed by atoms with van der Waals surface area (Å²) in [7, 11) is 0. The largest absolute Gasteiger partial charge is 0.309 e. The molecular formula is C57H41NS. The molecular weight excluding hydrogens is 731 g/mol. The standard InChI is InChI=1S/C57H41NS/c1-57(2)50-26-12-8-24-48(50)56-47(25-16-27-51(56)57)45-22-10-14-29-53(45)58(52-28-13-9-21-44(52)43-20-7-6-19-42(43)39-17-4-3-5-18-39)41-34-31-38(32-35-41)40-33-36-55-49(37-40)46-23-11-15-30-54(46)59-55/h3-37H,1-2H3. The second-order valence-electron chi connectivity index (χ2n) is 16.0. The lowest BCUT2D eigenvalue weighted by atomic mass is 9.82. The number of fused-ring (bicyclic) bond motifs is 6. The Morgan fingerprint density at radius 2 is 0.898 bits per heavy atom. The molecule has 1 aliphatic rings. The molecule has 0 atom stereocenters. The highest BCUT2D eigenvalue weighted by atomic mass is 32.1. The zero-order chi connectivity index (χ0) is 39.5. The number of hydrogen-bond donors (Lipinski definition) is 0. The molecule has 0 saturated carbocycles. The second-order valence-corrected chi connectivity index (χ2v) is 17.1. The molecule has 0 fully saturated rings. The average molecular weight is 772 g/mol. The van der Waals surface area contributed by atoms with E-state index >= 15 is 0 Å². The molecule has 11 rings (SSSR count). The van der Waals surface area contributed by atoms with Crippen molar-refractivity contribution < 1.29 is 0 Å². The van der Waals surface area contributed by atoms with Crippen molar-refractivity contribution >= 4 is 48.6 Å². The minimum atomic E-state index is -0.0987. The van der Waals surface area contributed by atoms with Gasteiger partial charge in [-0.3, -0.25) is 0 Å². The summed E-state index contributed by atoms with van der Waals surface area (Å²) in [4.78, 5) is 2.48. The first kappa shape index (κ1) is 35.2. The molecule has 1 aromatic heterocycles. The predicted octanol–water partition coefficient (Wildman–Crippen LogP) is 16.5. The molecule has 2 heteroatoms. The first-order valence-electron chi connectivity index (χ1n) is 20.4. The van der Waals surface area contributed by atoms with Crippen LogP contribution in [-0.2, 0) is 5.41 Å². The molecule has 1 heterocycles. The lowest BCUT2D eigenvalue weighted by Gasteiger charge is -2.31. The summed E-state index contributed by atoms with van der Waals surface area (Å²) >= 11 is 1.86. The Morgan fingerprint density at radius 3 is 1.66 bits per heavy atom. The zero-order valence-corrected chi connectivity index (χ0v) is 33.9. The smallest absolute Gasteiger partial charge is 0.0540 e. The maximum absolute atomic E-state index is 2.48. The summed E-state index contributed by atoms with van der Waals surface area (Å²) in [6, 6.07) is 78.1. The number of para-hydroxylation sites is 2. The van der Waals surface area contributed by atoms with Crippen molar-refractivity contribution in [3.05, 3.63) is 223 Å². The van der Waals surface area contributed by atoms with Crippen LogP contribution in [0.15, 0.2) is 212 Å². The van der Waals surface area contributed by atoms with Crippen LogP contribution in [0.5, 0.6) is 0 Å². The highest BCUT2D eigenvalue weighted by Gasteiger charge is 2.37. The quantitative estimate of drug-likeness (QED) is 0.156. The third-order valence-corrected chi connectivity index (χ3v) is 13.5. The third kappa shape index (κ3) is 5.82. The van der Waals surface area contributed by atoms with Gasteiger partial charge < -0.3 is 4.90 Å². The Labute approximate surface area is 350 Å². The Morgan fingerprint density at radius 1 is 0.356 bits per heavy atom. The van der Waals surface area contributed by atoms with E-state index in [9.17, 15) is 0 Å². The van der Waals surface area contributed by atoms with Crippen LogP contribution in [0.3, 0.4) is 0 Å². The Balaban J connectivity index is 1.12. The Bertz CT molecular complexity index is 3190. The van der Waals surface area contributed by atoms with Crippen molar-refractivity contribution in [3.8, 4) is 55.6 Å². The van der Waals surface area contributed by atoms with Gasteiger partial charge in [-0.15, -0.1) is 11.3 Å². The van der Waals surface area contributed by atoms with Crippen LogP contribution in [0, 0.1) is 0 Å². The number of nitrogens with zero attached hydrogens (tertiary/aromatic N) is 1. The fourth-order valence-electron chi connectivity index (χ4n) is 9.48. The summed E-state index contributed by atoms with van der Waals surface area (Å²) in [5, 5.41) is 2.63. The van der Waals surface area contributed by atoms with Gasteiger partial charge in [0.1, 0.15) is 0 Å². The van der Waals surface area contributed by atoms with Gasteiger partial charge in [-0.05, 0) is 98.1 Å². The SMILES string of the molecule is CC1(C)c2ccccc2-c2c(-c3ccccc3N(c3ccc(-c4ccc5sc6ccccc6c5c4)cc3)c3ccccc3-c3ccccc3-c3ccccc3)cccc21. The molecule has 0 bridgehead atoms. The van der Waals surface area contributed by atoms with E-state index in [-0.39, 0.29) is 5.41 Å². The number of anilines is 3. The third-order valence-electron chi connectivity index (χ3n) is 12.3. The Hall–Kier alpha value is -7.00. The maximum atomic E-state index is 2.48. The van der Waals surface area contributed by atoms with Crippen molar-refractivity contribution in [2.75, 3.05) is 4.90 Å². The molecule has 1 nitrogen and oxygen atoms in total. The van der Waals surface area contributed by atoms with Gasteiger partial charge in [-0.2, -0.15) is 0 Å². The lowest BCUT2D eigenvalue weighted by Crippen LogP contribution is -2.15. The van der Waals surface area contributed by atoms with Crippen LogP contribution in [0.4, 0.5) is 17.1 Å². The zero-order valence-electron chi connectivity index (χ0n) is 33.1.